The van der Waals surface area contributed by atoms with Crippen LogP contribution >= 0.6 is 11.6 Å². The molecular formula is C36H39ClN2O11S3. The molecule has 0 spiro atoms. The van der Waals surface area contributed by atoms with Gasteiger partial charge in [-0.1, -0.05) is 47.9 Å². The third kappa shape index (κ3) is 12.4. The molecule has 0 aliphatic carbocycles. The summed E-state index contributed by atoms with van der Waals surface area (Å²) in [6.45, 7) is 3.92. The van der Waals surface area contributed by atoms with Crippen LogP contribution in [0.1, 0.15) is 34.2 Å². The van der Waals surface area contributed by atoms with Crippen LogP contribution in [-0.4, -0.2) is 69.8 Å². The highest BCUT2D eigenvalue weighted by Gasteiger charge is 2.21. The van der Waals surface area contributed by atoms with Gasteiger partial charge in [0.15, 0.2) is 9.84 Å². The highest BCUT2D eigenvalue weighted by Crippen LogP contribution is 2.36. The van der Waals surface area contributed by atoms with Crippen molar-refractivity contribution in [3.8, 4) is 40.7 Å². The summed E-state index contributed by atoms with van der Waals surface area (Å²) < 4.78 is 107. The number of rotatable bonds is 18. The van der Waals surface area contributed by atoms with Gasteiger partial charge in [-0.3, -0.25) is 14.1 Å². The molecule has 1 heterocycles. The predicted molar refractivity (Wildman–Crippen MR) is 201 cm³/mol. The normalized spacial score (nSPS) is 12.5. The van der Waals surface area contributed by atoms with Crippen molar-refractivity contribution >= 4 is 41.7 Å². The highest BCUT2D eigenvalue weighted by molar-refractivity contribution is 7.90. The number of hydrogen-bond acceptors (Lipinski definition) is 11. The zero-order valence-corrected chi connectivity index (χ0v) is 32.3. The predicted octanol–water partition coefficient (Wildman–Crippen LogP) is 5.22. The number of nitrogens with zero attached hydrogens (tertiary/aromatic N) is 1. The zero-order chi connectivity index (χ0) is 39.0. The number of benzene rings is 3. The quantitative estimate of drug-likeness (QED) is 0.0876. The first-order valence-electron chi connectivity index (χ1n) is 15.9. The van der Waals surface area contributed by atoms with Crippen molar-refractivity contribution < 1.29 is 48.6 Å². The van der Waals surface area contributed by atoms with Gasteiger partial charge in [0.2, 0.25) is 0 Å². The molecule has 0 aliphatic heterocycles. The highest BCUT2D eigenvalue weighted by atomic mass is 35.5. The Labute approximate surface area is 315 Å². The SMILES string of the molecule is C#CCOc1cccc(-c2cccc(COc3cc(OCc4cncc(S(C)(=O)=O)c4)c(CNC(CCS(=O)(=O)O)CS(=O)(=O)O)cc3Cl)c2C)c1C. The maximum Gasteiger partial charge on any atom is 0.266 e. The summed E-state index contributed by atoms with van der Waals surface area (Å²) in [5, 5.41) is 3.05. The van der Waals surface area contributed by atoms with Crippen molar-refractivity contribution in [1.29, 1.82) is 0 Å². The maximum atomic E-state index is 12.1. The van der Waals surface area contributed by atoms with Gasteiger partial charge in [0.05, 0.1) is 21.4 Å². The molecule has 0 saturated carbocycles. The average molecular weight is 807 g/mol. The van der Waals surface area contributed by atoms with Crippen LogP contribution in [0.25, 0.3) is 11.1 Å². The summed E-state index contributed by atoms with van der Waals surface area (Å²) in [6.07, 6.45) is 8.74. The molecule has 53 heavy (non-hydrogen) atoms. The molecule has 1 atom stereocenters. The number of terminal acetylenes is 1. The molecule has 4 aromatic rings. The third-order valence-electron chi connectivity index (χ3n) is 8.14. The molecule has 3 N–H and O–H groups in total. The van der Waals surface area contributed by atoms with E-state index >= 15 is 0 Å². The molecule has 0 fully saturated rings. The fourth-order valence-corrected chi connectivity index (χ4v) is 7.61. The number of halogens is 1. The third-order valence-corrected chi connectivity index (χ3v) is 11.1. The Balaban J connectivity index is 1.64. The number of ether oxygens (including phenoxy) is 3. The Morgan fingerprint density at radius 2 is 1.51 bits per heavy atom. The maximum absolute atomic E-state index is 12.1. The van der Waals surface area contributed by atoms with Crippen LogP contribution in [0.5, 0.6) is 17.2 Å². The lowest BCUT2D eigenvalue weighted by molar-refractivity contribution is 0.286. The average Bonchev–Trinajstić information content (AvgIpc) is 3.07. The lowest BCUT2D eigenvalue weighted by atomic mass is 9.93. The minimum atomic E-state index is -4.54. The van der Waals surface area contributed by atoms with Crippen LogP contribution in [0.2, 0.25) is 5.02 Å². The minimum Gasteiger partial charge on any atom is -0.488 e. The van der Waals surface area contributed by atoms with Crippen molar-refractivity contribution in [2.24, 2.45) is 0 Å². The minimum absolute atomic E-state index is 0.00729. The van der Waals surface area contributed by atoms with E-state index < -0.39 is 47.6 Å². The summed E-state index contributed by atoms with van der Waals surface area (Å²) in [6, 6.07) is 14.9. The Morgan fingerprint density at radius 1 is 0.830 bits per heavy atom. The van der Waals surface area contributed by atoms with Gasteiger partial charge < -0.3 is 19.5 Å². The number of hydrogen-bond donors (Lipinski definition) is 3. The van der Waals surface area contributed by atoms with Crippen LogP contribution in [-0.2, 0) is 49.8 Å². The van der Waals surface area contributed by atoms with Crippen molar-refractivity contribution in [2.75, 3.05) is 24.4 Å². The summed E-state index contributed by atoms with van der Waals surface area (Å²) in [5.74, 6) is 2.01. The van der Waals surface area contributed by atoms with E-state index in [1.165, 1.54) is 30.6 Å². The molecule has 1 aromatic heterocycles. The summed E-state index contributed by atoms with van der Waals surface area (Å²) in [4.78, 5) is 3.99. The molecule has 4 rings (SSSR count). The van der Waals surface area contributed by atoms with Gasteiger partial charge in [0.25, 0.3) is 20.2 Å². The Bertz CT molecular complexity index is 2330. The monoisotopic (exact) mass is 806 g/mol. The van der Waals surface area contributed by atoms with Crippen LogP contribution in [0, 0.1) is 26.2 Å². The number of nitrogens with one attached hydrogen (secondary N) is 1. The molecule has 0 radical (unpaired) electrons. The molecule has 0 amide bonds. The van der Waals surface area contributed by atoms with Crippen molar-refractivity contribution in [1.82, 2.24) is 10.3 Å². The second-order valence-corrected chi connectivity index (χ2v) is 17.7. The van der Waals surface area contributed by atoms with Gasteiger partial charge >= 0.3 is 0 Å². The molecular weight excluding hydrogens is 768 g/mol. The van der Waals surface area contributed by atoms with Gasteiger partial charge in [-0.15, -0.1) is 6.42 Å². The van der Waals surface area contributed by atoms with Gasteiger partial charge in [-0.2, -0.15) is 16.8 Å². The molecule has 17 heteroatoms. The van der Waals surface area contributed by atoms with Gasteiger partial charge in [0.1, 0.15) is 37.1 Å². The van der Waals surface area contributed by atoms with Gasteiger partial charge in [0, 0.05) is 48.4 Å². The molecule has 0 saturated heterocycles. The summed E-state index contributed by atoms with van der Waals surface area (Å²) in [5.41, 5.74) is 5.47. The number of aromatic nitrogens is 1. The van der Waals surface area contributed by atoms with E-state index in [0.29, 0.717) is 16.9 Å². The first-order valence-corrected chi connectivity index (χ1v) is 21.4. The van der Waals surface area contributed by atoms with E-state index in [-0.39, 0.29) is 54.2 Å². The van der Waals surface area contributed by atoms with Crippen molar-refractivity contribution in [3.63, 3.8) is 0 Å². The van der Waals surface area contributed by atoms with Crippen LogP contribution in [0.15, 0.2) is 71.9 Å². The Morgan fingerprint density at radius 3 is 2.17 bits per heavy atom. The van der Waals surface area contributed by atoms with Crippen LogP contribution < -0.4 is 19.5 Å². The van der Waals surface area contributed by atoms with Crippen molar-refractivity contribution in [3.05, 3.63) is 99.8 Å². The number of pyridine rings is 1. The fourth-order valence-electron chi connectivity index (χ4n) is 5.38. The largest absolute Gasteiger partial charge is 0.488 e. The standard InChI is InChI=1S/C36H39ClN2O11S3/c1-5-13-48-34-11-7-10-32(25(34)3)31-9-6-8-27(24(31)2)22-50-36-17-35(49-21-26-15-30(20-38-18-26)51(4,40)41)28(16-33(36)37)19-39-29(23-53(45,46)47)12-14-52(42,43)44/h1,6-11,15-18,20,29,39H,12-14,19,21-23H2,2-4H3,(H,42,43,44)(H,45,46,47). The summed E-state index contributed by atoms with van der Waals surface area (Å²) >= 11 is 6.68. The van der Waals surface area contributed by atoms with E-state index in [9.17, 15) is 34.4 Å². The smallest absolute Gasteiger partial charge is 0.266 e. The van der Waals surface area contributed by atoms with E-state index in [2.05, 4.69) is 16.2 Å². The molecule has 3 aromatic carbocycles. The Kier molecular flexibility index (Phi) is 13.9. The second-order valence-electron chi connectivity index (χ2n) is 12.2. The molecule has 13 nitrogen and oxygen atoms in total. The lowest BCUT2D eigenvalue weighted by Crippen LogP contribution is -2.36. The molecule has 0 bridgehead atoms. The van der Waals surface area contributed by atoms with E-state index in [1.807, 2.05) is 50.2 Å². The van der Waals surface area contributed by atoms with E-state index in [0.717, 1.165) is 34.1 Å². The molecule has 284 valence electrons. The number of sulfone groups is 1. The first-order chi connectivity index (χ1) is 24.8. The first kappa shape index (κ1) is 41.5. The zero-order valence-electron chi connectivity index (χ0n) is 29.1. The van der Waals surface area contributed by atoms with Crippen LogP contribution in [0.3, 0.4) is 0 Å². The van der Waals surface area contributed by atoms with Gasteiger partial charge in [-0.05, 0) is 66.3 Å². The Hall–Kier alpha value is -4.21. The lowest BCUT2D eigenvalue weighted by Gasteiger charge is -2.20. The van der Waals surface area contributed by atoms with E-state index in [1.54, 1.807) is 0 Å². The van der Waals surface area contributed by atoms with Crippen LogP contribution in [0.4, 0.5) is 0 Å². The molecule has 1 unspecified atom stereocenters. The van der Waals surface area contributed by atoms with Crippen molar-refractivity contribution in [2.45, 2.75) is 51.0 Å². The topological polar surface area (TPSA) is 195 Å². The summed E-state index contributed by atoms with van der Waals surface area (Å²) in [7, 11) is -12.5. The fraction of sp³-hybridized carbons (Fsp3) is 0.306. The van der Waals surface area contributed by atoms with E-state index in [4.69, 9.17) is 32.2 Å². The van der Waals surface area contributed by atoms with Gasteiger partial charge in [-0.25, -0.2) is 8.42 Å². The second kappa shape index (κ2) is 17.7. The molecule has 0 aliphatic rings.